The number of esters is 1. The molecule has 0 N–H and O–H groups in total. The molecule has 2 nitrogen and oxygen atoms in total. The van der Waals surface area contributed by atoms with Gasteiger partial charge < -0.3 is 4.74 Å². The minimum absolute atomic E-state index is 0.0255. The molecule has 0 saturated heterocycles. The molecule has 0 rings (SSSR count). The highest BCUT2D eigenvalue weighted by atomic mass is 16.5. The normalized spacial score (nSPS) is 11.6. The Kier molecular flexibility index (Phi) is 38.5. The van der Waals surface area contributed by atoms with Crippen molar-refractivity contribution in [2.24, 2.45) is 0 Å². The van der Waals surface area contributed by atoms with Crippen molar-refractivity contribution in [2.45, 2.75) is 239 Å². The van der Waals surface area contributed by atoms with E-state index in [9.17, 15) is 4.79 Å². The van der Waals surface area contributed by atoms with Crippen LogP contribution in [0.4, 0.5) is 0 Å². The monoisotopic (exact) mass is 605 g/mol. The maximum Gasteiger partial charge on any atom is 0.305 e. The van der Waals surface area contributed by atoms with Gasteiger partial charge in [-0.2, -0.15) is 0 Å². The second kappa shape index (κ2) is 39.2. The minimum atomic E-state index is 0.0255. The maximum absolute atomic E-state index is 12.0. The van der Waals surface area contributed by atoms with E-state index in [-0.39, 0.29) is 5.97 Å². The van der Waals surface area contributed by atoms with Gasteiger partial charge in [0.1, 0.15) is 0 Å². The molecule has 0 fully saturated rings. The van der Waals surface area contributed by atoms with Gasteiger partial charge in [0.15, 0.2) is 0 Å². The SMILES string of the molecule is CCCCCCCCC=CCCCCCCCCCCCC(=O)OCCCCCCCCCCCCCCCCCCC. The summed E-state index contributed by atoms with van der Waals surface area (Å²) >= 11 is 0. The van der Waals surface area contributed by atoms with Crippen LogP contribution in [0.3, 0.4) is 0 Å². The molecule has 0 saturated carbocycles. The lowest BCUT2D eigenvalue weighted by molar-refractivity contribution is -0.143. The first-order valence-corrected chi connectivity index (χ1v) is 20.1. The highest BCUT2D eigenvalue weighted by Gasteiger charge is 2.03. The number of unbranched alkanes of at least 4 members (excludes halogenated alkanes) is 31. The Morgan fingerprint density at radius 2 is 0.651 bits per heavy atom. The quantitative estimate of drug-likeness (QED) is 0.0400. The number of carbonyl (C=O) groups is 1. The van der Waals surface area contributed by atoms with Crippen LogP contribution in [0.5, 0.6) is 0 Å². The number of allylic oxidation sites excluding steroid dienone is 2. The van der Waals surface area contributed by atoms with Crippen molar-refractivity contribution in [1.29, 1.82) is 0 Å². The van der Waals surface area contributed by atoms with E-state index in [0.717, 1.165) is 12.8 Å². The summed E-state index contributed by atoms with van der Waals surface area (Å²) in [4.78, 5) is 12.0. The van der Waals surface area contributed by atoms with Gasteiger partial charge in [-0.1, -0.05) is 206 Å². The second-order valence-corrected chi connectivity index (χ2v) is 13.6. The molecule has 0 unspecified atom stereocenters. The molecule has 0 amide bonds. The summed E-state index contributed by atoms with van der Waals surface area (Å²) in [6.07, 6.45) is 51.5. The summed E-state index contributed by atoms with van der Waals surface area (Å²) in [6.45, 7) is 5.21. The Labute approximate surface area is 272 Å². The van der Waals surface area contributed by atoms with Gasteiger partial charge in [0.05, 0.1) is 6.61 Å². The smallest absolute Gasteiger partial charge is 0.305 e. The van der Waals surface area contributed by atoms with Crippen molar-refractivity contribution in [3.05, 3.63) is 12.2 Å². The van der Waals surface area contributed by atoms with Crippen LogP contribution in [-0.2, 0) is 9.53 Å². The van der Waals surface area contributed by atoms with Gasteiger partial charge in [-0.05, 0) is 38.5 Å². The van der Waals surface area contributed by atoms with E-state index in [1.807, 2.05) is 0 Å². The van der Waals surface area contributed by atoms with Gasteiger partial charge in [-0.15, -0.1) is 0 Å². The average molecular weight is 605 g/mol. The van der Waals surface area contributed by atoms with Gasteiger partial charge in [0.2, 0.25) is 0 Å². The Balaban J connectivity index is 3.17. The van der Waals surface area contributed by atoms with Crippen LogP contribution in [0.2, 0.25) is 0 Å². The molecule has 0 aromatic carbocycles. The van der Waals surface area contributed by atoms with Crippen LogP contribution >= 0.6 is 0 Å². The standard InChI is InChI=1S/C41H80O2/c1-3-5-7-9-11-13-15-17-19-21-22-23-25-27-29-31-33-35-37-39-41(42)43-40-38-36-34-32-30-28-26-24-20-18-16-14-12-10-8-6-4-2/h17,19H,3-16,18,20-40H2,1-2H3. The van der Waals surface area contributed by atoms with E-state index in [1.54, 1.807) is 0 Å². The average Bonchev–Trinajstić information content (AvgIpc) is 3.01. The first-order valence-electron chi connectivity index (χ1n) is 20.1. The highest BCUT2D eigenvalue weighted by molar-refractivity contribution is 5.69. The lowest BCUT2D eigenvalue weighted by atomic mass is 10.0. The number of carbonyl (C=O) groups excluding carboxylic acids is 1. The molecule has 0 heterocycles. The summed E-state index contributed by atoms with van der Waals surface area (Å²) in [5.74, 6) is 0.0255. The molecule has 0 radical (unpaired) electrons. The van der Waals surface area contributed by atoms with E-state index in [2.05, 4.69) is 26.0 Å². The molecular weight excluding hydrogens is 524 g/mol. The van der Waals surface area contributed by atoms with Gasteiger partial charge >= 0.3 is 5.97 Å². The summed E-state index contributed by atoms with van der Waals surface area (Å²) in [7, 11) is 0. The zero-order valence-corrected chi connectivity index (χ0v) is 29.9. The predicted octanol–water partition coefficient (Wildman–Crippen LogP) is 14.8. The molecule has 0 aromatic heterocycles. The molecule has 0 spiro atoms. The number of ether oxygens (including phenoxy) is 1. The molecule has 0 aromatic rings. The molecule has 0 aliphatic rings. The molecule has 0 aliphatic carbocycles. The fourth-order valence-electron chi connectivity index (χ4n) is 6.13. The zero-order chi connectivity index (χ0) is 31.2. The topological polar surface area (TPSA) is 26.3 Å². The van der Waals surface area contributed by atoms with Gasteiger partial charge in [-0.25, -0.2) is 0 Å². The Hall–Kier alpha value is -0.790. The summed E-state index contributed by atoms with van der Waals surface area (Å²) in [5.41, 5.74) is 0. The van der Waals surface area contributed by atoms with Crippen molar-refractivity contribution in [1.82, 2.24) is 0 Å². The maximum atomic E-state index is 12.0. The first kappa shape index (κ1) is 42.2. The number of rotatable bonds is 37. The van der Waals surface area contributed by atoms with Crippen LogP contribution in [0.25, 0.3) is 0 Å². The second-order valence-electron chi connectivity index (χ2n) is 13.6. The minimum Gasteiger partial charge on any atom is -0.466 e. The Morgan fingerprint density at radius 3 is 1.00 bits per heavy atom. The van der Waals surface area contributed by atoms with E-state index < -0.39 is 0 Å². The van der Waals surface area contributed by atoms with Crippen molar-refractivity contribution in [2.75, 3.05) is 6.61 Å². The van der Waals surface area contributed by atoms with Gasteiger partial charge in [0, 0.05) is 6.42 Å². The zero-order valence-electron chi connectivity index (χ0n) is 29.9. The van der Waals surface area contributed by atoms with Crippen molar-refractivity contribution < 1.29 is 9.53 Å². The summed E-state index contributed by atoms with van der Waals surface area (Å²) < 4.78 is 5.46. The van der Waals surface area contributed by atoms with Crippen molar-refractivity contribution in [3.63, 3.8) is 0 Å². The lowest BCUT2D eigenvalue weighted by Crippen LogP contribution is -2.05. The third kappa shape index (κ3) is 39.2. The van der Waals surface area contributed by atoms with E-state index in [0.29, 0.717) is 13.0 Å². The Bertz CT molecular complexity index is 540. The van der Waals surface area contributed by atoms with E-state index >= 15 is 0 Å². The third-order valence-corrected chi connectivity index (χ3v) is 9.15. The molecule has 256 valence electrons. The molecule has 43 heavy (non-hydrogen) atoms. The van der Waals surface area contributed by atoms with Crippen molar-refractivity contribution >= 4 is 5.97 Å². The van der Waals surface area contributed by atoms with Crippen LogP contribution < -0.4 is 0 Å². The summed E-state index contributed by atoms with van der Waals surface area (Å²) in [6, 6.07) is 0. The van der Waals surface area contributed by atoms with Crippen molar-refractivity contribution in [3.8, 4) is 0 Å². The number of hydrogen-bond acceptors (Lipinski definition) is 2. The number of hydrogen-bond donors (Lipinski definition) is 0. The largest absolute Gasteiger partial charge is 0.466 e. The van der Waals surface area contributed by atoms with Crippen LogP contribution in [0.1, 0.15) is 239 Å². The summed E-state index contributed by atoms with van der Waals surface area (Å²) in [5, 5.41) is 0. The fourth-order valence-corrected chi connectivity index (χ4v) is 6.13. The fraction of sp³-hybridized carbons (Fsp3) is 0.927. The molecular formula is C41H80O2. The van der Waals surface area contributed by atoms with Gasteiger partial charge in [-0.3, -0.25) is 4.79 Å². The lowest BCUT2D eigenvalue weighted by Gasteiger charge is -2.06. The molecule has 2 heteroatoms. The Morgan fingerprint density at radius 1 is 0.372 bits per heavy atom. The molecule has 0 aliphatic heterocycles. The third-order valence-electron chi connectivity index (χ3n) is 9.15. The van der Waals surface area contributed by atoms with Crippen LogP contribution in [0.15, 0.2) is 12.2 Å². The van der Waals surface area contributed by atoms with E-state index in [1.165, 1.54) is 205 Å². The van der Waals surface area contributed by atoms with Crippen LogP contribution in [-0.4, -0.2) is 12.6 Å². The first-order chi connectivity index (χ1) is 21.3. The predicted molar refractivity (Wildman–Crippen MR) is 193 cm³/mol. The molecule has 0 atom stereocenters. The van der Waals surface area contributed by atoms with Gasteiger partial charge in [0.25, 0.3) is 0 Å². The van der Waals surface area contributed by atoms with Crippen LogP contribution in [0, 0.1) is 0 Å². The highest BCUT2D eigenvalue weighted by Crippen LogP contribution is 2.15. The van der Waals surface area contributed by atoms with E-state index in [4.69, 9.17) is 4.74 Å². The molecule has 0 bridgehead atoms.